The standard InChI is InChI=1S/C56H56O15/c1-37(57)65-48-46(36-63-33-39-20-10-4-11-21-39)68-55(66-44-30-28-43(61-2)29-31-44)51(64-34-40-22-12-5-13-23-40)50(48)71-56-52(70-54(60)42-26-16-7-17-27-42)49(69-53(59)41-24-14-6-15-25-41)47(58)45(67-56)35-62-32-38-18-8-3-9-19-38/h3-31,45-52,55-56,58H,32-36H2,1-2H3/t45-,46-,47-,48+,49+,50+,51-,52-,55-,56+/m1/s1. The van der Waals surface area contributed by atoms with Gasteiger partial charge in [0.25, 0.3) is 0 Å². The maximum Gasteiger partial charge on any atom is 0.338 e. The molecule has 2 aliphatic heterocycles. The highest BCUT2D eigenvalue weighted by Crippen LogP contribution is 2.36. The number of carbonyl (C=O) groups excluding carboxylic acids is 3. The average molecular weight is 969 g/mol. The van der Waals surface area contributed by atoms with E-state index in [2.05, 4.69) is 0 Å². The van der Waals surface area contributed by atoms with E-state index in [9.17, 15) is 19.5 Å². The van der Waals surface area contributed by atoms with Gasteiger partial charge in [0.05, 0.1) is 51.3 Å². The molecule has 10 atom stereocenters. The molecule has 2 aliphatic rings. The summed E-state index contributed by atoms with van der Waals surface area (Å²) < 4.78 is 70.0. The second-order valence-corrected chi connectivity index (χ2v) is 16.8. The fourth-order valence-corrected chi connectivity index (χ4v) is 8.15. The van der Waals surface area contributed by atoms with E-state index >= 15 is 0 Å². The maximum atomic E-state index is 14.2. The smallest absolute Gasteiger partial charge is 0.338 e. The molecule has 8 rings (SSSR count). The number of carbonyl (C=O) groups is 3. The van der Waals surface area contributed by atoms with Crippen LogP contribution in [-0.4, -0.2) is 105 Å². The quantitative estimate of drug-likeness (QED) is 0.0550. The van der Waals surface area contributed by atoms with Gasteiger partial charge in [-0.25, -0.2) is 9.59 Å². The molecule has 0 saturated carbocycles. The Labute approximate surface area is 412 Å². The molecule has 0 aromatic heterocycles. The zero-order chi connectivity index (χ0) is 49.4. The number of benzene rings is 6. The van der Waals surface area contributed by atoms with Gasteiger partial charge < -0.3 is 57.2 Å². The van der Waals surface area contributed by atoms with E-state index in [0.29, 0.717) is 11.5 Å². The van der Waals surface area contributed by atoms with Gasteiger partial charge in [0.1, 0.15) is 35.9 Å². The highest BCUT2D eigenvalue weighted by Gasteiger charge is 2.56. The third-order valence-corrected chi connectivity index (χ3v) is 11.7. The van der Waals surface area contributed by atoms with E-state index in [1.807, 2.05) is 91.0 Å². The highest BCUT2D eigenvalue weighted by atomic mass is 16.8. The summed E-state index contributed by atoms with van der Waals surface area (Å²) in [5, 5.41) is 12.2. The van der Waals surface area contributed by atoms with Crippen molar-refractivity contribution in [2.24, 2.45) is 0 Å². The second-order valence-electron chi connectivity index (χ2n) is 16.8. The van der Waals surface area contributed by atoms with E-state index in [4.69, 9.17) is 52.1 Å². The Kier molecular flexibility index (Phi) is 17.9. The second kappa shape index (κ2) is 25.3. The molecule has 1 N–H and O–H groups in total. The van der Waals surface area contributed by atoms with Gasteiger partial charge in [0.2, 0.25) is 6.29 Å². The Bertz CT molecular complexity index is 2550. The van der Waals surface area contributed by atoms with Crippen molar-refractivity contribution in [3.63, 3.8) is 0 Å². The third kappa shape index (κ3) is 13.9. The van der Waals surface area contributed by atoms with Crippen molar-refractivity contribution in [3.8, 4) is 11.5 Å². The van der Waals surface area contributed by atoms with Gasteiger partial charge in [-0.1, -0.05) is 127 Å². The first-order valence-corrected chi connectivity index (χ1v) is 23.3. The SMILES string of the molecule is COc1ccc(O[C@@H]2O[C@H](COCc3ccccc3)[C@H](OC(C)=O)[C@H](O[C@@H]3O[C@H](COCc4ccccc4)[C@@H](O)[C@H](OC(=O)c4ccccc4)[C@H]3OC(=O)c3ccccc3)[C@H]2OCc2ccccc2)cc1. The Balaban J connectivity index is 1.21. The van der Waals surface area contributed by atoms with Crippen molar-refractivity contribution < 1.29 is 71.6 Å². The minimum absolute atomic E-state index is 0.00306. The van der Waals surface area contributed by atoms with Crippen molar-refractivity contribution in [3.05, 3.63) is 204 Å². The Morgan fingerprint density at radius 2 is 0.930 bits per heavy atom. The van der Waals surface area contributed by atoms with Gasteiger partial charge in [-0.3, -0.25) is 4.79 Å². The van der Waals surface area contributed by atoms with Crippen molar-refractivity contribution in [1.29, 1.82) is 0 Å². The lowest BCUT2D eigenvalue weighted by Gasteiger charge is -2.48. The number of aliphatic hydroxyl groups is 1. The first kappa shape index (κ1) is 50.4. The van der Waals surface area contributed by atoms with Crippen LogP contribution in [0.3, 0.4) is 0 Å². The lowest BCUT2D eigenvalue weighted by Crippen LogP contribution is -2.67. The zero-order valence-corrected chi connectivity index (χ0v) is 39.2. The molecule has 0 aliphatic carbocycles. The van der Waals surface area contributed by atoms with Gasteiger partial charge in [0, 0.05) is 6.92 Å². The first-order valence-electron chi connectivity index (χ1n) is 23.3. The van der Waals surface area contributed by atoms with Gasteiger partial charge in [-0.15, -0.1) is 0 Å². The molecular weight excluding hydrogens is 913 g/mol. The fourth-order valence-electron chi connectivity index (χ4n) is 8.15. The molecule has 6 aromatic carbocycles. The summed E-state index contributed by atoms with van der Waals surface area (Å²) in [5.74, 6) is -1.40. The summed E-state index contributed by atoms with van der Waals surface area (Å²) in [6.45, 7) is 1.20. The number of rotatable bonds is 21. The molecule has 71 heavy (non-hydrogen) atoms. The molecule has 0 spiro atoms. The minimum Gasteiger partial charge on any atom is -0.497 e. The fraction of sp³-hybridized carbons (Fsp3) is 0.304. The average Bonchev–Trinajstić information content (AvgIpc) is 3.40. The molecule has 0 bridgehead atoms. The molecule has 0 amide bonds. The van der Waals surface area contributed by atoms with Crippen LogP contribution in [0.25, 0.3) is 0 Å². The van der Waals surface area contributed by atoms with Crippen molar-refractivity contribution >= 4 is 17.9 Å². The molecule has 0 unspecified atom stereocenters. The van der Waals surface area contributed by atoms with E-state index in [1.54, 1.807) is 92.0 Å². The Hall–Kier alpha value is -6.95. The van der Waals surface area contributed by atoms with E-state index in [0.717, 1.165) is 16.7 Å². The number of hydrogen-bond acceptors (Lipinski definition) is 15. The Morgan fingerprint density at radius 1 is 0.479 bits per heavy atom. The number of methoxy groups -OCH3 is 1. The largest absolute Gasteiger partial charge is 0.497 e. The lowest BCUT2D eigenvalue weighted by atomic mass is 9.96. The number of esters is 3. The van der Waals surface area contributed by atoms with Crippen molar-refractivity contribution in [1.82, 2.24) is 0 Å². The molecule has 6 aromatic rings. The van der Waals surface area contributed by atoms with Gasteiger partial charge in [0.15, 0.2) is 30.7 Å². The minimum atomic E-state index is -1.68. The van der Waals surface area contributed by atoms with Crippen LogP contribution in [-0.2, 0) is 67.2 Å². The molecular formula is C56H56O15. The van der Waals surface area contributed by atoms with Gasteiger partial charge in [-0.2, -0.15) is 0 Å². The summed E-state index contributed by atoms with van der Waals surface area (Å²) >= 11 is 0. The normalized spacial score (nSPS) is 24.0. The first-order chi connectivity index (χ1) is 34.7. The lowest BCUT2D eigenvalue weighted by molar-refractivity contribution is -0.358. The van der Waals surface area contributed by atoms with E-state index in [1.165, 1.54) is 6.92 Å². The van der Waals surface area contributed by atoms with Gasteiger partial charge in [-0.05, 0) is 65.2 Å². The molecule has 2 saturated heterocycles. The predicted octanol–water partition coefficient (Wildman–Crippen LogP) is 7.67. The summed E-state index contributed by atoms with van der Waals surface area (Å²) in [6.07, 6.45) is -14.1. The van der Waals surface area contributed by atoms with Crippen LogP contribution in [0.1, 0.15) is 44.3 Å². The highest BCUT2D eigenvalue weighted by molar-refractivity contribution is 5.90. The summed E-state index contributed by atoms with van der Waals surface area (Å²) in [6, 6.07) is 51.4. The maximum absolute atomic E-state index is 14.2. The number of hydrogen-bond donors (Lipinski definition) is 1. The molecule has 2 heterocycles. The van der Waals surface area contributed by atoms with Crippen LogP contribution in [0, 0.1) is 0 Å². The zero-order valence-electron chi connectivity index (χ0n) is 39.2. The van der Waals surface area contributed by atoms with E-state index in [-0.39, 0.29) is 44.2 Å². The number of aliphatic hydroxyl groups excluding tert-OH is 1. The molecule has 370 valence electrons. The summed E-state index contributed by atoms with van der Waals surface area (Å²) in [5.41, 5.74) is 2.82. The monoisotopic (exact) mass is 968 g/mol. The van der Waals surface area contributed by atoms with Crippen molar-refractivity contribution in [2.45, 2.75) is 88.2 Å². The third-order valence-electron chi connectivity index (χ3n) is 11.7. The molecule has 15 nitrogen and oxygen atoms in total. The summed E-state index contributed by atoms with van der Waals surface area (Å²) in [4.78, 5) is 41.4. The van der Waals surface area contributed by atoms with E-state index < -0.39 is 79.3 Å². The molecule has 2 fully saturated rings. The van der Waals surface area contributed by atoms with Crippen LogP contribution in [0.2, 0.25) is 0 Å². The van der Waals surface area contributed by atoms with Crippen LogP contribution in [0.4, 0.5) is 0 Å². The van der Waals surface area contributed by atoms with Crippen molar-refractivity contribution in [2.75, 3.05) is 20.3 Å². The predicted molar refractivity (Wildman–Crippen MR) is 256 cm³/mol. The van der Waals surface area contributed by atoms with Crippen LogP contribution < -0.4 is 9.47 Å². The number of ether oxygens (including phenoxy) is 11. The van der Waals surface area contributed by atoms with Crippen LogP contribution in [0.15, 0.2) is 176 Å². The van der Waals surface area contributed by atoms with Crippen LogP contribution >= 0.6 is 0 Å². The molecule has 0 radical (unpaired) electrons. The van der Waals surface area contributed by atoms with Gasteiger partial charge >= 0.3 is 17.9 Å². The van der Waals surface area contributed by atoms with Crippen LogP contribution in [0.5, 0.6) is 11.5 Å². The Morgan fingerprint density at radius 3 is 1.44 bits per heavy atom. The summed E-state index contributed by atoms with van der Waals surface area (Å²) in [7, 11) is 1.55. The topological polar surface area (TPSA) is 173 Å². The molecule has 15 heteroatoms.